The third-order valence-electron chi connectivity index (χ3n) is 3.17. The number of hydrogen-bond acceptors (Lipinski definition) is 2. The van der Waals surface area contributed by atoms with Crippen LogP contribution in [-0.4, -0.2) is 22.6 Å². The fraction of sp³-hybridized carbons (Fsp3) is 0.615. The quantitative estimate of drug-likeness (QED) is 0.788. The number of imidazole rings is 1. The Morgan fingerprint density at radius 1 is 1.50 bits per heavy atom. The smallest absolute Gasteiger partial charge is 0.0948 e. The van der Waals surface area contributed by atoms with E-state index in [2.05, 4.69) is 34.8 Å². The van der Waals surface area contributed by atoms with E-state index in [0.717, 1.165) is 26.1 Å². The van der Waals surface area contributed by atoms with E-state index in [1.54, 1.807) is 5.57 Å². The average Bonchev–Trinajstić information content (AvgIpc) is 2.76. The molecule has 0 saturated carbocycles. The van der Waals surface area contributed by atoms with Crippen LogP contribution >= 0.6 is 0 Å². The van der Waals surface area contributed by atoms with Gasteiger partial charge in [-0.25, -0.2) is 4.98 Å². The van der Waals surface area contributed by atoms with Gasteiger partial charge in [0.1, 0.15) is 0 Å². The fourth-order valence-electron chi connectivity index (χ4n) is 2.16. The first-order valence-electron chi connectivity index (χ1n) is 6.16. The molecule has 0 spiro atoms. The van der Waals surface area contributed by atoms with Crippen LogP contribution in [0.15, 0.2) is 24.2 Å². The van der Waals surface area contributed by atoms with Gasteiger partial charge in [-0.15, -0.1) is 0 Å². The van der Waals surface area contributed by atoms with Crippen molar-refractivity contribution >= 4 is 0 Å². The first-order chi connectivity index (χ1) is 7.77. The van der Waals surface area contributed by atoms with E-state index in [1.165, 1.54) is 12.1 Å². The molecule has 0 aliphatic carbocycles. The number of nitrogens with one attached hydrogen (secondary N) is 1. The highest BCUT2D eigenvalue weighted by Gasteiger charge is 2.07. The Balaban J connectivity index is 1.93. The molecule has 1 N–H and O–H groups in total. The van der Waals surface area contributed by atoms with Crippen LogP contribution < -0.4 is 5.32 Å². The Morgan fingerprint density at radius 2 is 2.38 bits per heavy atom. The minimum absolute atomic E-state index is 0.560. The van der Waals surface area contributed by atoms with E-state index in [1.807, 2.05) is 12.5 Å². The molecule has 1 aromatic heterocycles. The SMILES string of the molecule is CC(C)c1cncn1CCC1=CCNCC1. The first-order valence-corrected chi connectivity index (χ1v) is 6.16. The van der Waals surface area contributed by atoms with Crippen molar-refractivity contribution in [1.29, 1.82) is 0 Å². The zero-order valence-electron chi connectivity index (χ0n) is 10.2. The van der Waals surface area contributed by atoms with Crippen LogP contribution in [0.3, 0.4) is 0 Å². The standard InChI is InChI=1S/C13H21N3/c1-11(2)13-9-15-10-16(13)8-5-12-3-6-14-7-4-12/h3,9-11,14H,4-8H2,1-2H3. The van der Waals surface area contributed by atoms with Crippen molar-refractivity contribution in [1.82, 2.24) is 14.9 Å². The summed E-state index contributed by atoms with van der Waals surface area (Å²) < 4.78 is 2.29. The summed E-state index contributed by atoms with van der Waals surface area (Å²) in [4.78, 5) is 4.24. The van der Waals surface area contributed by atoms with Crippen LogP contribution in [0.1, 0.15) is 38.3 Å². The molecular formula is C13H21N3. The molecule has 1 aliphatic heterocycles. The maximum absolute atomic E-state index is 4.24. The average molecular weight is 219 g/mol. The van der Waals surface area contributed by atoms with Crippen LogP contribution in [0.25, 0.3) is 0 Å². The number of nitrogens with zero attached hydrogens (tertiary/aromatic N) is 2. The third kappa shape index (κ3) is 2.73. The van der Waals surface area contributed by atoms with Gasteiger partial charge in [-0.3, -0.25) is 0 Å². The lowest BCUT2D eigenvalue weighted by atomic mass is 10.1. The summed E-state index contributed by atoms with van der Waals surface area (Å²) in [5.41, 5.74) is 2.93. The van der Waals surface area contributed by atoms with Gasteiger partial charge < -0.3 is 9.88 Å². The van der Waals surface area contributed by atoms with E-state index in [9.17, 15) is 0 Å². The first kappa shape index (κ1) is 11.4. The molecule has 16 heavy (non-hydrogen) atoms. The highest BCUT2D eigenvalue weighted by atomic mass is 15.0. The van der Waals surface area contributed by atoms with Crippen LogP contribution in [0.5, 0.6) is 0 Å². The van der Waals surface area contributed by atoms with E-state index in [4.69, 9.17) is 0 Å². The maximum atomic E-state index is 4.24. The molecule has 2 rings (SSSR count). The molecule has 0 saturated heterocycles. The predicted molar refractivity (Wildman–Crippen MR) is 66.5 cm³/mol. The molecule has 0 radical (unpaired) electrons. The number of aromatic nitrogens is 2. The Bertz CT molecular complexity index is 363. The summed E-state index contributed by atoms with van der Waals surface area (Å²) in [5.74, 6) is 0.560. The predicted octanol–water partition coefficient (Wildman–Crippen LogP) is 2.32. The van der Waals surface area contributed by atoms with Crippen molar-refractivity contribution in [3.63, 3.8) is 0 Å². The highest BCUT2D eigenvalue weighted by Crippen LogP contribution is 2.16. The van der Waals surface area contributed by atoms with Crippen LogP contribution in [0, 0.1) is 0 Å². The Kier molecular flexibility index (Phi) is 3.78. The molecule has 0 amide bonds. The zero-order chi connectivity index (χ0) is 11.4. The molecule has 1 aliphatic rings. The minimum atomic E-state index is 0.560. The second kappa shape index (κ2) is 5.30. The molecule has 3 nitrogen and oxygen atoms in total. The topological polar surface area (TPSA) is 29.9 Å². The fourth-order valence-corrected chi connectivity index (χ4v) is 2.16. The van der Waals surface area contributed by atoms with Gasteiger partial charge in [0.25, 0.3) is 0 Å². The van der Waals surface area contributed by atoms with Gasteiger partial charge in [0.2, 0.25) is 0 Å². The van der Waals surface area contributed by atoms with E-state index < -0.39 is 0 Å². The molecular weight excluding hydrogens is 198 g/mol. The third-order valence-corrected chi connectivity index (χ3v) is 3.17. The lowest BCUT2D eigenvalue weighted by molar-refractivity contribution is 0.601. The maximum Gasteiger partial charge on any atom is 0.0948 e. The van der Waals surface area contributed by atoms with E-state index in [-0.39, 0.29) is 0 Å². The Hall–Kier alpha value is -1.09. The summed E-state index contributed by atoms with van der Waals surface area (Å²) in [7, 11) is 0. The molecule has 1 aromatic rings. The van der Waals surface area contributed by atoms with Crippen molar-refractivity contribution in [2.24, 2.45) is 0 Å². The summed E-state index contributed by atoms with van der Waals surface area (Å²) in [5, 5.41) is 3.34. The molecule has 0 atom stereocenters. The van der Waals surface area contributed by atoms with Gasteiger partial charge in [-0.1, -0.05) is 25.5 Å². The molecule has 2 heterocycles. The van der Waals surface area contributed by atoms with Gasteiger partial charge in [0, 0.05) is 25.0 Å². The Morgan fingerprint density at radius 3 is 3.06 bits per heavy atom. The van der Waals surface area contributed by atoms with Crippen molar-refractivity contribution < 1.29 is 0 Å². The summed E-state index contributed by atoms with van der Waals surface area (Å²) in [6.07, 6.45) is 8.64. The van der Waals surface area contributed by atoms with Gasteiger partial charge >= 0.3 is 0 Å². The molecule has 0 aromatic carbocycles. The van der Waals surface area contributed by atoms with E-state index in [0.29, 0.717) is 5.92 Å². The molecule has 0 fully saturated rings. The molecule has 0 bridgehead atoms. The lowest BCUT2D eigenvalue weighted by Gasteiger charge is -2.15. The zero-order valence-corrected chi connectivity index (χ0v) is 10.2. The van der Waals surface area contributed by atoms with Crippen LogP contribution in [0.2, 0.25) is 0 Å². The number of hydrogen-bond donors (Lipinski definition) is 1. The number of rotatable bonds is 4. The van der Waals surface area contributed by atoms with Gasteiger partial charge in [0.05, 0.1) is 6.33 Å². The summed E-state index contributed by atoms with van der Waals surface area (Å²) >= 11 is 0. The van der Waals surface area contributed by atoms with Crippen LogP contribution in [-0.2, 0) is 6.54 Å². The second-order valence-corrected chi connectivity index (χ2v) is 4.73. The van der Waals surface area contributed by atoms with E-state index >= 15 is 0 Å². The van der Waals surface area contributed by atoms with Gasteiger partial charge in [0.15, 0.2) is 0 Å². The second-order valence-electron chi connectivity index (χ2n) is 4.73. The largest absolute Gasteiger partial charge is 0.334 e. The Labute approximate surface area is 97.6 Å². The van der Waals surface area contributed by atoms with Crippen molar-refractivity contribution in [3.8, 4) is 0 Å². The molecule has 3 heteroatoms. The van der Waals surface area contributed by atoms with Gasteiger partial charge in [-0.05, 0) is 25.3 Å². The monoisotopic (exact) mass is 219 g/mol. The normalized spacial score (nSPS) is 16.6. The lowest BCUT2D eigenvalue weighted by Crippen LogP contribution is -2.21. The highest BCUT2D eigenvalue weighted by molar-refractivity contribution is 5.08. The van der Waals surface area contributed by atoms with Crippen molar-refractivity contribution in [2.45, 2.75) is 39.2 Å². The molecule has 0 unspecified atom stereocenters. The van der Waals surface area contributed by atoms with Crippen molar-refractivity contribution in [2.75, 3.05) is 13.1 Å². The van der Waals surface area contributed by atoms with Crippen LogP contribution in [0.4, 0.5) is 0 Å². The van der Waals surface area contributed by atoms with Crippen molar-refractivity contribution in [3.05, 3.63) is 29.9 Å². The number of aryl methyl sites for hydroxylation is 1. The summed E-state index contributed by atoms with van der Waals surface area (Å²) in [6, 6.07) is 0. The molecule has 88 valence electrons. The summed E-state index contributed by atoms with van der Waals surface area (Å²) in [6.45, 7) is 7.68. The van der Waals surface area contributed by atoms with Gasteiger partial charge in [-0.2, -0.15) is 0 Å². The minimum Gasteiger partial charge on any atom is -0.334 e.